The van der Waals surface area contributed by atoms with Crippen molar-refractivity contribution in [2.45, 2.75) is 45.2 Å². The number of carbonyl (C=O) groups excluding carboxylic acids is 1. The molecule has 0 fully saturated rings. The fraction of sp³-hybridized carbons (Fsp3) is 0.350. The fourth-order valence-electron chi connectivity index (χ4n) is 2.64. The summed E-state index contributed by atoms with van der Waals surface area (Å²) in [5, 5.41) is 3.01. The van der Waals surface area contributed by atoms with E-state index in [1.165, 1.54) is 6.07 Å². The first-order chi connectivity index (χ1) is 12.0. The van der Waals surface area contributed by atoms with Crippen LogP contribution in [0.4, 0.5) is 4.39 Å². The second-order valence-corrected chi connectivity index (χ2v) is 6.59. The number of aryl methyl sites for hydroxylation is 2. The van der Waals surface area contributed by atoms with Crippen LogP contribution in [0.3, 0.4) is 0 Å². The van der Waals surface area contributed by atoms with Gasteiger partial charge in [0.1, 0.15) is 5.82 Å². The van der Waals surface area contributed by atoms with Crippen molar-refractivity contribution in [1.82, 2.24) is 5.32 Å². The Bertz CT molecular complexity index is 721. The molecule has 0 heterocycles. The van der Waals surface area contributed by atoms with Gasteiger partial charge in [0.2, 0.25) is 5.91 Å². The molecule has 2 aromatic rings. The normalized spacial score (nSPS) is 12.0. The topological polar surface area (TPSA) is 55.1 Å². The molecule has 0 aliphatic rings. The molecule has 0 saturated heterocycles. The number of nitrogens with two attached hydrogens (primary N) is 1. The quantitative estimate of drug-likeness (QED) is 0.745. The fourth-order valence-corrected chi connectivity index (χ4v) is 2.76. The third kappa shape index (κ3) is 6.15. The van der Waals surface area contributed by atoms with Gasteiger partial charge in [0.05, 0.1) is 11.1 Å². The molecule has 0 aliphatic heterocycles. The first-order valence-corrected chi connectivity index (χ1v) is 8.92. The lowest BCUT2D eigenvalue weighted by Gasteiger charge is -2.12. The molecule has 0 radical (unpaired) electrons. The summed E-state index contributed by atoms with van der Waals surface area (Å²) in [5.41, 5.74) is 8.88. The van der Waals surface area contributed by atoms with Crippen molar-refractivity contribution in [3.05, 3.63) is 70.0 Å². The highest BCUT2D eigenvalue weighted by atomic mass is 35.5. The van der Waals surface area contributed by atoms with Gasteiger partial charge >= 0.3 is 0 Å². The lowest BCUT2D eigenvalue weighted by molar-refractivity contribution is -0.122. The molecule has 25 heavy (non-hydrogen) atoms. The molecule has 3 nitrogen and oxygen atoms in total. The first kappa shape index (κ1) is 19.4. The standard InChI is InChI=1S/C20H24ClFN2O/c1-2-4-19(23)20(25)24-13-16-6-3-5-14(11-16)7-8-15-9-10-17(21)18(22)12-15/h3,5-6,9-12,19H,2,4,7-8,13,23H2,1H3,(H,24,25). The van der Waals surface area contributed by atoms with E-state index in [0.717, 1.165) is 36.0 Å². The van der Waals surface area contributed by atoms with Crippen LogP contribution in [-0.2, 0) is 24.2 Å². The van der Waals surface area contributed by atoms with E-state index in [1.807, 2.05) is 31.2 Å². The minimum atomic E-state index is -0.451. The lowest BCUT2D eigenvalue weighted by atomic mass is 10.0. The van der Waals surface area contributed by atoms with Gasteiger partial charge in [-0.05, 0) is 48.1 Å². The van der Waals surface area contributed by atoms with Gasteiger partial charge in [-0.25, -0.2) is 4.39 Å². The summed E-state index contributed by atoms with van der Waals surface area (Å²) in [7, 11) is 0. The van der Waals surface area contributed by atoms with Crippen molar-refractivity contribution in [3.63, 3.8) is 0 Å². The lowest BCUT2D eigenvalue weighted by Crippen LogP contribution is -2.40. The van der Waals surface area contributed by atoms with Gasteiger partial charge in [0.25, 0.3) is 0 Å². The van der Waals surface area contributed by atoms with Crippen LogP contribution in [-0.4, -0.2) is 11.9 Å². The Morgan fingerprint density at radius 3 is 2.52 bits per heavy atom. The summed E-state index contributed by atoms with van der Waals surface area (Å²) in [6.45, 7) is 2.46. The van der Waals surface area contributed by atoms with Crippen LogP contribution >= 0.6 is 11.6 Å². The highest BCUT2D eigenvalue weighted by Gasteiger charge is 2.11. The molecular formula is C20H24ClFN2O. The number of hydrogen-bond donors (Lipinski definition) is 2. The summed E-state index contributed by atoms with van der Waals surface area (Å²) in [5.74, 6) is -0.511. The summed E-state index contributed by atoms with van der Waals surface area (Å²) >= 11 is 5.70. The van der Waals surface area contributed by atoms with E-state index in [9.17, 15) is 9.18 Å². The molecule has 3 N–H and O–H groups in total. The minimum Gasteiger partial charge on any atom is -0.351 e. The highest BCUT2D eigenvalue weighted by molar-refractivity contribution is 6.30. The molecule has 134 valence electrons. The maximum atomic E-state index is 13.5. The molecule has 1 unspecified atom stereocenters. The largest absolute Gasteiger partial charge is 0.351 e. The summed E-state index contributed by atoms with van der Waals surface area (Å²) in [6, 6.07) is 12.5. The number of hydrogen-bond acceptors (Lipinski definition) is 2. The highest BCUT2D eigenvalue weighted by Crippen LogP contribution is 2.17. The molecule has 1 atom stereocenters. The maximum absolute atomic E-state index is 13.5. The molecule has 5 heteroatoms. The van der Waals surface area contributed by atoms with Crippen LogP contribution in [0.5, 0.6) is 0 Å². The predicted octanol–water partition coefficient (Wildman–Crippen LogP) is 4.01. The van der Waals surface area contributed by atoms with Gasteiger partial charge in [-0.1, -0.05) is 55.3 Å². The smallest absolute Gasteiger partial charge is 0.237 e. The Labute approximate surface area is 153 Å². The molecule has 0 aromatic heterocycles. The summed E-state index contributed by atoms with van der Waals surface area (Å²) in [4.78, 5) is 11.9. The third-order valence-corrected chi connectivity index (χ3v) is 4.39. The zero-order valence-corrected chi connectivity index (χ0v) is 15.2. The third-order valence-electron chi connectivity index (χ3n) is 4.08. The average Bonchev–Trinajstić information content (AvgIpc) is 2.61. The minimum absolute atomic E-state index is 0.121. The van der Waals surface area contributed by atoms with E-state index in [2.05, 4.69) is 11.4 Å². The van der Waals surface area contributed by atoms with Gasteiger partial charge < -0.3 is 11.1 Å². The molecule has 0 saturated carbocycles. The van der Waals surface area contributed by atoms with E-state index in [-0.39, 0.29) is 16.7 Å². The molecule has 0 bridgehead atoms. The van der Waals surface area contributed by atoms with Crippen LogP contribution in [0.2, 0.25) is 5.02 Å². The van der Waals surface area contributed by atoms with Crippen LogP contribution < -0.4 is 11.1 Å². The van der Waals surface area contributed by atoms with E-state index in [4.69, 9.17) is 17.3 Å². The van der Waals surface area contributed by atoms with Crippen molar-refractivity contribution < 1.29 is 9.18 Å². The number of carbonyl (C=O) groups is 1. The average molecular weight is 363 g/mol. The van der Waals surface area contributed by atoms with Gasteiger partial charge in [0.15, 0.2) is 0 Å². The van der Waals surface area contributed by atoms with Gasteiger partial charge in [0, 0.05) is 6.54 Å². The number of rotatable bonds is 8. The first-order valence-electron chi connectivity index (χ1n) is 8.54. The second kappa shape index (κ2) is 9.54. The van der Waals surface area contributed by atoms with Crippen LogP contribution in [0.15, 0.2) is 42.5 Å². The van der Waals surface area contributed by atoms with Crippen molar-refractivity contribution >= 4 is 17.5 Å². The van der Waals surface area contributed by atoms with Gasteiger partial charge in [-0.15, -0.1) is 0 Å². The SMILES string of the molecule is CCCC(N)C(=O)NCc1cccc(CCc2ccc(Cl)c(F)c2)c1. The van der Waals surface area contributed by atoms with Crippen molar-refractivity contribution in [2.75, 3.05) is 0 Å². The zero-order valence-electron chi connectivity index (χ0n) is 14.4. The van der Waals surface area contributed by atoms with Gasteiger partial charge in [-0.3, -0.25) is 4.79 Å². The molecule has 0 spiro atoms. The van der Waals surface area contributed by atoms with E-state index >= 15 is 0 Å². The van der Waals surface area contributed by atoms with E-state index in [1.54, 1.807) is 6.07 Å². The van der Waals surface area contributed by atoms with E-state index < -0.39 is 6.04 Å². The summed E-state index contributed by atoms with van der Waals surface area (Å²) in [6.07, 6.45) is 3.09. The van der Waals surface area contributed by atoms with Crippen molar-refractivity contribution in [3.8, 4) is 0 Å². The Balaban J connectivity index is 1.90. The zero-order chi connectivity index (χ0) is 18.2. The Morgan fingerprint density at radius 2 is 1.84 bits per heavy atom. The molecule has 2 aromatic carbocycles. The predicted molar refractivity (Wildman–Crippen MR) is 100.0 cm³/mol. The Hall–Kier alpha value is -1.91. The molecule has 0 aliphatic carbocycles. The van der Waals surface area contributed by atoms with Gasteiger partial charge in [-0.2, -0.15) is 0 Å². The maximum Gasteiger partial charge on any atom is 0.237 e. The van der Waals surface area contributed by atoms with Crippen molar-refractivity contribution in [2.24, 2.45) is 5.73 Å². The molecule has 2 rings (SSSR count). The molecular weight excluding hydrogens is 339 g/mol. The number of nitrogens with one attached hydrogen (secondary N) is 1. The van der Waals surface area contributed by atoms with Crippen LogP contribution in [0, 0.1) is 5.82 Å². The monoisotopic (exact) mass is 362 g/mol. The number of benzene rings is 2. The van der Waals surface area contributed by atoms with Crippen LogP contribution in [0.1, 0.15) is 36.5 Å². The van der Waals surface area contributed by atoms with E-state index in [0.29, 0.717) is 13.0 Å². The summed E-state index contributed by atoms with van der Waals surface area (Å²) < 4.78 is 13.5. The Morgan fingerprint density at radius 1 is 1.16 bits per heavy atom. The number of halogens is 2. The molecule has 1 amide bonds. The van der Waals surface area contributed by atoms with Crippen LogP contribution in [0.25, 0.3) is 0 Å². The number of amides is 1. The Kier molecular flexibility index (Phi) is 7.41. The van der Waals surface area contributed by atoms with Crippen molar-refractivity contribution in [1.29, 1.82) is 0 Å². The second-order valence-electron chi connectivity index (χ2n) is 6.18.